The second-order valence-corrected chi connectivity index (χ2v) is 4.88. The summed E-state index contributed by atoms with van der Waals surface area (Å²) >= 11 is 0. The lowest BCUT2D eigenvalue weighted by Gasteiger charge is -2.24. The summed E-state index contributed by atoms with van der Waals surface area (Å²) < 4.78 is 5.25. The first kappa shape index (κ1) is 11.5. The van der Waals surface area contributed by atoms with Crippen LogP contribution >= 0.6 is 0 Å². The predicted octanol–water partition coefficient (Wildman–Crippen LogP) is 0.297. The Kier molecular flexibility index (Phi) is 3.17. The van der Waals surface area contributed by atoms with E-state index in [1.165, 1.54) is 0 Å². The molecule has 0 bridgehead atoms. The van der Waals surface area contributed by atoms with Gasteiger partial charge >= 0.3 is 5.97 Å². The minimum Gasteiger partial charge on any atom is -0.457 e. The van der Waals surface area contributed by atoms with E-state index in [2.05, 4.69) is 5.32 Å². The second kappa shape index (κ2) is 3.87. The highest BCUT2D eigenvalue weighted by atomic mass is 16.6. The average Bonchev–Trinajstić information content (AvgIpc) is 2.34. The summed E-state index contributed by atoms with van der Waals surface area (Å²) in [6.45, 7) is 7.79. The topological polar surface area (TPSA) is 58.6 Å². The summed E-state index contributed by atoms with van der Waals surface area (Å²) in [7, 11) is 0. The van der Waals surface area contributed by atoms with Gasteiger partial charge in [0.2, 0.25) is 0 Å². The van der Waals surface area contributed by atoms with Crippen LogP contribution in [0.3, 0.4) is 0 Å². The van der Waals surface area contributed by atoms with E-state index in [0.29, 0.717) is 6.54 Å². The van der Waals surface area contributed by atoms with Crippen molar-refractivity contribution < 1.29 is 14.6 Å². The van der Waals surface area contributed by atoms with Gasteiger partial charge < -0.3 is 15.2 Å². The molecule has 0 aromatic carbocycles. The number of nitrogens with one attached hydrogen (secondary N) is 1. The van der Waals surface area contributed by atoms with Gasteiger partial charge in [-0.25, -0.2) is 0 Å². The summed E-state index contributed by atoms with van der Waals surface area (Å²) in [6.07, 6.45) is -1.00. The number of hydrogen-bond donors (Lipinski definition) is 2. The number of aliphatic hydroxyl groups is 1. The monoisotopic (exact) mass is 201 g/mol. The van der Waals surface area contributed by atoms with Gasteiger partial charge in [-0.05, 0) is 27.7 Å². The average molecular weight is 201 g/mol. The fourth-order valence-corrected chi connectivity index (χ4v) is 1.35. The maximum atomic E-state index is 11.6. The molecule has 1 heterocycles. The van der Waals surface area contributed by atoms with Crippen LogP contribution in [0.4, 0.5) is 0 Å². The molecule has 0 amide bonds. The Morgan fingerprint density at radius 3 is 2.43 bits per heavy atom. The van der Waals surface area contributed by atoms with Crippen molar-refractivity contribution in [3.63, 3.8) is 0 Å². The van der Waals surface area contributed by atoms with Crippen LogP contribution in [0, 0.1) is 5.41 Å². The number of hydrogen-bond acceptors (Lipinski definition) is 4. The van der Waals surface area contributed by atoms with Gasteiger partial charge in [0, 0.05) is 12.6 Å². The largest absolute Gasteiger partial charge is 0.457 e. The predicted molar refractivity (Wildman–Crippen MR) is 52.8 cm³/mol. The molecule has 1 aliphatic heterocycles. The Hall–Kier alpha value is -0.610. The highest BCUT2D eigenvalue weighted by Gasteiger charge is 2.37. The molecule has 0 aromatic heterocycles. The lowest BCUT2D eigenvalue weighted by molar-refractivity contribution is -0.163. The molecule has 82 valence electrons. The van der Waals surface area contributed by atoms with Crippen LogP contribution in [-0.2, 0) is 9.53 Å². The number of esters is 1. The van der Waals surface area contributed by atoms with Crippen molar-refractivity contribution in [1.29, 1.82) is 0 Å². The molecule has 4 nitrogen and oxygen atoms in total. The van der Waals surface area contributed by atoms with Gasteiger partial charge in [-0.2, -0.15) is 0 Å². The minimum atomic E-state index is -0.587. The maximum absolute atomic E-state index is 11.6. The van der Waals surface area contributed by atoms with Crippen molar-refractivity contribution in [2.45, 2.75) is 45.9 Å². The minimum absolute atomic E-state index is 0.0244. The van der Waals surface area contributed by atoms with Crippen LogP contribution in [0.25, 0.3) is 0 Å². The van der Waals surface area contributed by atoms with Crippen molar-refractivity contribution in [1.82, 2.24) is 5.32 Å². The molecule has 3 atom stereocenters. The summed E-state index contributed by atoms with van der Waals surface area (Å²) in [4.78, 5) is 11.6. The van der Waals surface area contributed by atoms with E-state index in [1.807, 2.05) is 6.92 Å². The van der Waals surface area contributed by atoms with Crippen LogP contribution in [0.15, 0.2) is 0 Å². The molecule has 14 heavy (non-hydrogen) atoms. The summed E-state index contributed by atoms with van der Waals surface area (Å²) in [5, 5.41) is 12.6. The van der Waals surface area contributed by atoms with E-state index < -0.39 is 17.6 Å². The first-order valence-corrected chi connectivity index (χ1v) is 4.95. The van der Waals surface area contributed by atoms with Crippen molar-refractivity contribution in [2.75, 3.05) is 6.54 Å². The van der Waals surface area contributed by atoms with Gasteiger partial charge in [0.15, 0.2) is 0 Å². The fourth-order valence-electron chi connectivity index (χ4n) is 1.35. The highest BCUT2D eigenvalue weighted by molar-refractivity contribution is 5.75. The fraction of sp³-hybridized carbons (Fsp3) is 0.900. The zero-order chi connectivity index (χ0) is 10.9. The van der Waals surface area contributed by atoms with E-state index in [4.69, 9.17) is 4.74 Å². The van der Waals surface area contributed by atoms with E-state index in [9.17, 15) is 9.90 Å². The van der Waals surface area contributed by atoms with Crippen molar-refractivity contribution in [3.05, 3.63) is 0 Å². The Morgan fingerprint density at radius 2 is 2.07 bits per heavy atom. The van der Waals surface area contributed by atoms with Crippen LogP contribution < -0.4 is 5.32 Å². The van der Waals surface area contributed by atoms with E-state index in [0.717, 1.165) is 0 Å². The second-order valence-electron chi connectivity index (χ2n) is 4.88. The third kappa shape index (κ3) is 2.45. The number of aliphatic hydroxyl groups excluding tert-OH is 1. The maximum Gasteiger partial charge on any atom is 0.311 e. The number of carbonyl (C=O) groups is 1. The molecule has 1 rings (SSSR count). The van der Waals surface area contributed by atoms with Crippen LogP contribution in [0.1, 0.15) is 27.7 Å². The number of rotatable bonds is 1. The standard InChI is InChI=1S/C10H19NO3/c1-6-8(7(12)5-11-6)14-9(13)10(2,3)4/h6-8,11-12H,5H2,1-4H3/t6-,7-,8+/m0/s1. The zero-order valence-electron chi connectivity index (χ0n) is 9.20. The third-order valence-corrected chi connectivity index (χ3v) is 2.38. The Morgan fingerprint density at radius 1 is 1.50 bits per heavy atom. The Labute approximate surface area is 84.6 Å². The molecular weight excluding hydrogens is 182 g/mol. The molecule has 1 fully saturated rings. The number of ether oxygens (including phenoxy) is 1. The molecule has 0 aliphatic carbocycles. The van der Waals surface area contributed by atoms with Crippen molar-refractivity contribution >= 4 is 5.97 Å². The lowest BCUT2D eigenvalue weighted by atomic mass is 9.97. The molecule has 1 saturated heterocycles. The van der Waals surface area contributed by atoms with E-state index in [1.54, 1.807) is 20.8 Å². The quantitative estimate of drug-likeness (QED) is 0.599. The van der Waals surface area contributed by atoms with Crippen LogP contribution in [0.2, 0.25) is 0 Å². The normalized spacial score (nSPS) is 33.1. The smallest absolute Gasteiger partial charge is 0.311 e. The van der Waals surface area contributed by atoms with Gasteiger partial charge in [0.1, 0.15) is 12.2 Å². The molecule has 0 radical (unpaired) electrons. The first-order chi connectivity index (χ1) is 6.32. The Bertz CT molecular complexity index is 212. The van der Waals surface area contributed by atoms with E-state index >= 15 is 0 Å². The first-order valence-electron chi connectivity index (χ1n) is 4.95. The SMILES string of the molecule is C[C@@H]1NC[C@H](O)[C@@H]1OC(=O)C(C)(C)C. The molecule has 0 aromatic rings. The molecule has 0 spiro atoms. The van der Waals surface area contributed by atoms with Gasteiger partial charge in [-0.15, -0.1) is 0 Å². The molecule has 4 heteroatoms. The van der Waals surface area contributed by atoms with Gasteiger partial charge in [0.05, 0.1) is 5.41 Å². The lowest BCUT2D eigenvalue weighted by Crippen LogP contribution is -2.38. The van der Waals surface area contributed by atoms with Crippen molar-refractivity contribution in [3.8, 4) is 0 Å². The molecule has 1 aliphatic rings. The van der Waals surface area contributed by atoms with Gasteiger partial charge in [0.25, 0.3) is 0 Å². The number of β-amino-alcohol motifs (C(OH)–C–C–N with tert-alkyl or cyclic N) is 1. The summed E-state index contributed by atoms with van der Waals surface area (Å²) in [6, 6.07) is 0.0244. The van der Waals surface area contributed by atoms with Crippen LogP contribution in [0.5, 0.6) is 0 Å². The van der Waals surface area contributed by atoms with Gasteiger partial charge in [-0.1, -0.05) is 0 Å². The number of carbonyl (C=O) groups excluding carboxylic acids is 1. The zero-order valence-corrected chi connectivity index (χ0v) is 9.20. The van der Waals surface area contributed by atoms with Crippen LogP contribution in [-0.4, -0.2) is 35.9 Å². The summed E-state index contributed by atoms with van der Waals surface area (Å²) in [5.41, 5.74) is -0.512. The van der Waals surface area contributed by atoms with Crippen molar-refractivity contribution in [2.24, 2.45) is 5.41 Å². The highest BCUT2D eigenvalue weighted by Crippen LogP contribution is 2.20. The molecule has 0 saturated carbocycles. The molecular formula is C10H19NO3. The molecule has 0 unspecified atom stereocenters. The Balaban J connectivity index is 2.56. The van der Waals surface area contributed by atoms with E-state index in [-0.39, 0.29) is 12.0 Å². The van der Waals surface area contributed by atoms with Gasteiger partial charge in [-0.3, -0.25) is 4.79 Å². The third-order valence-electron chi connectivity index (χ3n) is 2.38. The molecule has 2 N–H and O–H groups in total. The summed E-state index contributed by atoms with van der Waals surface area (Å²) in [5.74, 6) is -0.267.